The summed E-state index contributed by atoms with van der Waals surface area (Å²) in [6.45, 7) is 3.42. The van der Waals surface area contributed by atoms with Gasteiger partial charge in [-0.1, -0.05) is 0 Å². The molecule has 0 bridgehead atoms. The maximum atomic E-state index is 11.9. The lowest BCUT2D eigenvalue weighted by atomic mass is 10.1. The van der Waals surface area contributed by atoms with Crippen LogP contribution in [0.25, 0.3) is 6.08 Å². The minimum atomic E-state index is -0.697. The van der Waals surface area contributed by atoms with E-state index < -0.39 is 5.97 Å². The van der Waals surface area contributed by atoms with Gasteiger partial charge < -0.3 is 18.9 Å². The third kappa shape index (κ3) is 4.16. The van der Waals surface area contributed by atoms with Crippen molar-refractivity contribution in [2.24, 2.45) is 0 Å². The van der Waals surface area contributed by atoms with E-state index in [1.165, 1.54) is 27.4 Å². The summed E-state index contributed by atoms with van der Waals surface area (Å²) < 4.78 is 20.7. The predicted octanol–water partition coefficient (Wildman–Crippen LogP) is 2.57. The highest BCUT2D eigenvalue weighted by atomic mass is 16.5. The molecule has 22 heavy (non-hydrogen) atoms. The summed E-state index contributed by atoms with van der Waals surface area (Å²) in [7, 11) is 4.47. The van der Waals surface area contributed by atoms with Crippen molar-refractivity contribution in [1.29, 1.82) is 5.26 Å². The monoisotopic (exact) mass is 305 g/mol. The number of rotatable bonds is 6. The molecule has 0 spiro atoms. The lowest BCUT2D eigenvalue weighted by molar-refractivity contribution is -0.142. The molecule has 0 amide bonds. The van der Waals surface area contributed by atoms with E-state index in [4.69, 9.17) is 18.9 Å². The van der Waals surface area contributed by atoms with Gasteiger partial charge in [0.2, 0.25) is 0 Å². The topological polar surface area (TPSA) is 77.8 Å². The Morgan fingerprint density at radius 1 is 1.14 bits per heavy atom. The summed E-state index contributed by atoms with van der Waals surface area (Å²) in [4.78, 5) is 11.9. The number of ether oxygens (including phenoxy) is 4. The molecule has 0 heterocycles. The Morgan fingerprint density at radius 2 is 1.68 bits per heavy atom. The fourth-order valence-electron chi connectivity index (χ4n) is 1.73. The zero-order chi connectivity index (χ0) is 16.7. The van der Waals surface area contributed by atoms with Crippen LogP contribution >= 0.6 is 0 Å². The molecule has 6 heteroatoms. The smallest absolute Gasteiger partial charge is 0.349 e. The molecule has 0 aliphatic heterocycles. The fourth-order valence-corrected chi connectivity index (χ4v) is 1.73. The fraction of sp³-hybridized carbons (Fsp3) is 0.375. The van der Waals surface area contributed by atoms with Gasteiger partial charge in [-0.05, 0) is 19.9 Å². The van der Waals surface area contributed by atoms with E-state index in [0.717, 1.165) is 0 Å². The number of hydrogen-bond acceptors (Lipinski definition) is 6. The van der Waals surface area contributed by atoms with Gasteiger partial charge in [-0.25, -0.2) is 4.79 Å². The first-order valence-corrected chi connectivity index (χ1v) is 6.59. The van der Waals surface area contributed by atoms with Crippen LogP contribution in [0.2, 0.25) is 0 Å². The number of nitriles is 1. The number of benzene rings is 1. The molecule has 0 saturated heterocycles. The van der Waals surface area contributed by atoms with Crippen LogP contribution in [0, 0.1) is 11.3 Å². The van der Waals surface area contributed by atoms with E-state index in [1.807, 2.05) is 6.07 Å². The van der Waals surface area contributed by atoms with E-state index in [1.54, 1.807) is 26.0 Å². The molecule has 1 rings (SSSR count). The summed E-state index contributed by atoms with van der Waals surface area (Å²) in [5, 5.41) is 9.17. The van der Waals surface area contributed by atoms with E-state index in [2.05, 4.69) is 0 Å². The van der Waals surface area contributed by atoms with Crippen LogP contribution in [0.4, 0.5) is 0 Å². The summed E-state index contributed by atoms with van der Waals surface area (Å²) in [5.74, 6) is 0.675. The third-order valence-corrected chi connectivity index (χ3v) is 2.72. The number of hydrogen-bond donors (Lipinski definition) is 0. The largest absolute Gasteiger partial charge is 0.496 e. The van der Waals surface area contributed by atoms with Crippen LogP contribution in [0.15, 0.2) is 17.7 Å². The second-order valence-electron chi connectivity index (χ2n) is 4.57. The van der Waals surface area contributed by atoms with Crippen LogP contribution in [0.3, 0.4) is 0 Å². The van der Waals surface area contributed by atoms with Crippen LogP contribution in [-0.4, -0.2) is 33.4 Å². The lowest BCUT2D eigenvalue weighted by Gasteiger charge is -2.13. The van der Waals surface area contributed by atoms with Gasteiger partial charge >= 0.3 is 5.97 Å². The van der Waals surface area contributed by atoms with Crippen molar-refractivity contribution in [2.45, 2.75) is 20.0 Å². The zero-order valence-electron chi connectivity index (χ0n) is 13.3. The highest BCUT2D eigenvalue weighted by Gasteiger charge is 2.17. The Hall–Kier alpha value is -2.68. The SMILES string of the molecule is COc1cc(OC)c(/C=C(\C#N)C(=O)OC(C)C)c(OC)c1. The summed E-state index contributed by atoms with van der Waals surface area (Å²) in [5.41, 5.74) is 0.318. The molecule has 0 N–H and O–H groups in total. The maximum absolute atomic E-state index is 11.9. The van der Waals surface area contributed by atoms with Crippen molar-refractivity contribution >= 4 is 12.0 Å². The minimum absolute atomic E-state index is 0.143. The highest BCUT2D eigenvalue weighted by Crippen LogP contribution is 2.35. The first-order chi connectivity index (χ1) is 10.5. The molecule has 0 aliphatic rings. The molecule has 1 aromatic rings. The van der Waals surface area contributed by atoms with Crippen molar-refractivity contribution < 1.29 is 23.7 Å². The molecule has 118 valence electrons. The molecule has 1 aromatic carbocycles. The van der Waals surface area contributed by atoms with Gasteiger partial charge in [0, 0.05) is 12.1 Å². The molecule has 0 unspecified atom stereocenters. The average Bonchev–Trinajstić information content (AvgIpc) is 2.50. The zero-order valence-corrected chi connectivity index (χ0v) is 13.3. The van der Waals surface area contributed by atoms with E-state index in [0.29, 0.717) is 22.8 Å². The van der Waals surface area contributed by atoms with Gasteiger partial charge in [-0.15, -0.1) is 0 Å². The molecule has 0 aromatic heterocycles. The van der Waals surface area contributed by atoms with Crippen molar-refractivity contribution in [3.8, 4) is 23.3 Å². The molecule has 0 radical (unpaired) electrons. The van der Waals surface area contributed by atoms with Crippen LogP contribution in [0.1, 0.15) is 19.4 Å². The Balaban J connectivity index is 3.37. The average molecular weight is 305 g/mol. The maximum Gasteiger partial charge on any atom is 0.349 e. The highest BCUT2D eigenvalue weighted by molar-refractivity contribution is 5.98. The van der Waals surface area contributed by atoms with Crippen LogP contribution in [0.5, 0.6) is 17.2 Å². The first-order valence-electron chi connectivity index (χ1n) is 6.59. The van der Waals surface area contributed by atoms with Gasteiger partial charge in [0.05, 0.1) is 33.0 Å². The molecular weight excluding hydrogens is 286 g/mol. The van der Waals surface area contributed by atoms with Crippen molar-refractivity contribution in [3.05, 3.63) is 23.3 Å². The molecule has 0 fully saturated rings. The molecule has 0 atom stereocenters. The quantitative estimate of drug-likeness (QED) is 0.456. The Labute approximate surface area is 129 Å². The lowest BCUT2D eigenvalue weighted by Crippen LogP contribution is -2.12. The van der Waals surface area contributed by atoms with Gasteiger partial charge in [0.1, 0.15) is 28.9 Å². The predicted molar refractivity (Wildman–Crippen MR) is 80.9 cm³/mol. The normalized spacial score (nSPS) is 10.9. The number of carbonyl (C=O) groups excluding carboxylic acids is 1. The third-order valence-electron chi connectivity index (χ3n) is 2.72. The first kappa shape index (κ1) is 17.4. The van der Waals surface area contributed by atoms with Gasteiger partial charge in [0.15, 0.2) is 0 Å². The number of carbonyl (C=O) groups is 1. The standard InChI is InChI=1S/C16H19NO5/c1-10(2)22-16(18)11(9-17)6-13-14(20-4)7-12(19-3)8-15(13)21-5/h6-8,10H,1-5H3/b11-6+. The summed E-state index contributed by atoms with van der Waals surface area (Å²) >= 11 is 0. The molecule has 0 saturated carbocycles. The number of methoxy groups -OCH3 is 3. The summed E-state index contributed by atoms with van der Waals surface area (Å²) in [6, 6.07) is 5.10. The second-order valence-corrected chi connectivity index (χ2v) is 4.57. The number of esters is 1. The molecular formula is C16H19NO5. The van der Waals surface area contributed by atoms with Crippen LogP contribution < -0.4 is 14.2 Å². The van der Waals surface area contributed by atoms with Crippen LogP contribution in [-0.2, 0) is 9.53 Å². The van der Waals surface area contributed by atoms with Crippen molar-refractivity contribution in [2.75, 3.05) is 21.3 Å². The van der Waals surface area contributed by atoms with E-state index in [9.17, 15) is 10.1 Å². The Kier molecular flexibility index (Phi) is 6.26. The van der Waals surface area contributed by atoms with Gasteiger partial charge in [-0.2, -0.15) is 5.26 Å². The van der Waals surface area contributed by atoms with Crippen molar-refractivity contribution in [3.63, 3.8) is 0 Å². The Bertz CT molecular complexity index is 588. The Morgan fingerprint density at radius 3 is 2.05 bits per heavy atom. The van der Waals surface area contributed by atoms with E-state index >= 15 is 0 Å². The number of nitrogens with zero attached hydrogens (tertiary/aromatic N) is 1. The molecule has 6 nitrogen and oxygen atoms in total. The minimum Gasteiger partial charge on any atom is -0.496 e. The van der Waals surface area contributed by atoms with Gasteiger partial charge in [0.25, 0.3) is 0 Å². The van der Waals surface area contributed by atoms with Crippen molar-refractivity contribution in [1.82, 2.24) is 0 Å². The molecule has 0 aliphatic carbocycles. The van der Waals surface area contributed by atoms with Gasteiger partial charge in [-0.3, -0.25) is 0 Å². The second kappa shape index (κ2) is 7.93. The van der Waals surface area contributed by atoms with E-state index in [-0.39, 0.29) is 11.7 Å². The summed E-state index contributed by atoms with van der Waals surface area (Å²) in [6.07, 6.45) is 1.06.